The molecule has 67 heavy (non-hydrogen) atoms. The van der Waals surface area contributed by atoms with Crippen molar-refractivity contribution in [3.63, 3.8) is 0 Å². The Morgan fingerprint density at radius 1 is 1.03 bits per heavy atom. The molecule has 1 aromatic heterocycles. The fourth-order valence-electron chi connectivity index (χ4n) is 12.7. The molecule has 2 aliphatic carbocycles. The van der Waals surface area contributed by atoms with Crippen molar-refractivity contribution in [2.45, 2.75) is 102 Å². The molecule has 6 aliphatic rings. The van der Waals surface area contributed by atoms with Crippen molar-refractivity contribution in [1.82, 2.24) is 9.88 Å². The van der Waals surface area contributed by atoms with Gasteiger partial charge in [0.1, 0.15) is 34.7 Å². The molecule has 3 fully saturated rings. The number of aldehydes is 1. The Balaban J connectivity index is 1.24. The maximum absolute atomic E-state index is 14.5. The summed E-state index contributed by atoms with van der Waals surface area (Å²) in [6, 6.07) is 5.99. The van der Waals surface area contributed by atoms with Gasteiger partial charge in [0.15, 0.2) is 6.29 Å². The first-order valence-electron chi connectivity index (χ1n) is 24.4. The van der Waals surface area contributed by atoms with E-state index in [1.165, 1.54) is 0 Å². The number of Topliss-reactive ketones (excluding diaryl/α,β-unsaturated/α-hetero) is 1. The molecule has 2 aromatic carbocycles. The number of aliphatic hydroxyl groups is 5. The summed E-state index contributed by atoms with van der Waals surface area (Å²) in [5, 5.41) is 57.8. The minimum Gasteiger partial charge on any atom is -0.492 e. The van der Waals surface area contributed by atoms with E-state index < -0.39 is 54.4 Å². The number of ketones is 1. The van der Waals surface area contributed by atoms with Gasteiger partial charge in [-0.15, -0.1) is 0 Å². The molecule has 3 aromatic rings. The number of allylic oxidation sites excluding steroid dienone is 3. The Labute approximate surface area is 391 Å². The van der Waals surface area contributed by atoms with Gasteiger partial charge in [0.2, 0.25) is 5.76 Å². The second kappa shape index (κ2) is 20.2. The first-order valence-corrected chi connectivity index (χ1v) is 24.4. The number of carbonyl (C=O) groups is 3. The van der Waals surface area contributed by atoms with E-state index in [0.717, 1.165) is 67.3 Å². The lowest BCUT2D eigenvalue weighted by Crippen LogP contribution is -2.63. The van der Waals surface area contributed by atoms with Crippen LogP contribution in [0.4, 0.5) is 0 Å². The highest BCUT2D eigenvalue weighted by Gasteiger charge is 2.59. The van der Waals surface area contributed by atoms with E-state index in [0.29, 0.717) is 60.8 Å². The van der Waals surface area contributed by atoms with Crippen LogP contribution in [0, 0.1) is 29.6 Å². The van der Waals surface area contributed by atoms with Gasteiger partial charge in [-0.1, -0.05) is 5.57 Å². The molecule has 15 heteroatoms. The zero-order chi connectivity index (χ0) is 47.0. The number of aromatic amines is 1. The molecule has 15 nitrogen and oxygen atoms in total. The van der Waals surface area contributed by atoms with Gasteiger partial charge in [0.05, 0.1) is 43.1 Å². The first kappa shape index (κ1) is 47.5. The predicted octanol–water partition coefficient (Wildman–Crippen LogP) is 4.70. The number of carbonyl (C=O) groups excluding carboxylic acids is 3. The molecule has 2 bridgehead atoms. The van der Waals surface area contributed by atoms with Crippen LogP contribution >= 0.6 is 0 Å². The normalized spacial score (nSPS) is 28.5. The lowest BCUT2D eigenvalue weighted by molar-refractivity contribution is -0.186. The Hall–Kier alpha value is -4.61. The summed E-state index contributed by atoms with van der Waals surface area (Å²) < 4.78 is 31.4. The third-order valence-electron chi connectivity index (χ3n) is 15.9. The average molecular weight is 927 g/mol. The molecular weight excluding hydrogens is 861 g/mol. The minimum atomic E-state index is -1.35. The summed E-state index contributed by atoms with van der Waals surface area (Å²) >= 11 is 0. The molecular formula is C52H66N2O13. The van der Waals surface area contributed by atoms with Crippen molar-refractivity contribution in [3.8, 4) is 17.2 Å². The van der Waals surface area contributed by atoms with Crippen LogP contribution in [0.5, 0.6) is 17.2 Å². The van der Waals surface area contributed by atoms with E-state index in [4.69, 9.17) is 23.7 Å². The van der Waals surface area contributed by atoms with Crippen molar-refractivity contribution in [1.29, 1.82) is 0 Å². The summed E-state index contributed by atoms with van der Waals surface area (Å²) in [7, 11) is 1.71. The zero-order valence-electron chi connectivity index (χ0n) is 38.7. The lowest BCUT2D eigenvalue weighted by atomic mass is 9.57. The number of aromatic nitrogens is 1. The first-order chi connectivity index (χ1) is 32.6. The summed E-state index contributed by atoms with van der Waals surface area (Å²) in [6.07, 6.45) is 7.39. The molecule has 0 amide bonds. The minimum absolute atomic E-state index is 0.0142. The number of likely N-dealkylation sites (tertiary alicyclic amines) is 1. The van der Waals surface area contributed by atoms with E-state index >= 15 is 0 Å². The molecule has 0 radical (unpaired) electrons. The zero-order valence-corrected chi connectivity index (χ0v) is 38.7. The summed E-state index contributed by atoms with van der Waals surface area (Å²) in [6.45, 7) is 3.54. The van der Waals surface area contributed by atoms with E-state index in [-0.39, 0.29) is 97.6 Å². The van der Waals surface area contributed by atoms with Crippen LogP contribution in [0.2, 0.25) is 0 Å². The van der Waals surface area contributed by atoms with Crippen LogP contribution in [0.1, 0.15) is 98.4 Å². The molecule has 4 aliphatic heterocycles. The smallest absolute Gasteiger partial charge is 0.375 e. The number of benzene rings is 2. The monoisotopic (exact) mass is 926 g/mol. The number of aryl methyl sites for hydroxylation is 1. The quantitative estimate of drug-likeness (QED) is 0.0734. The number of nitrogens with one attached hydrogen (secondary N) is 1. The fourth-order valence-corrected chi connectivity index (χ4v) is 12.7. The lowest BCUT2D eigenvalue weighted by Gasteiger charge is -2.55. The Kier molecular flexibility index (Phi) is 14.3. The van der Waals surface area contributed by atoms with Crippen LogP contribution in [0.15, 0.2) is 41.3 Å². The number of nitrogens with zero attached hydrogens (tertiary/aromatic N) is 1. The number of esters is 1. The molecule has 2 saturated carbocycles. The van der Waals surface area contributed by atoms with Gasteiger partial charge in [0, 0.05) is 87.0 Å². The number of piperidine rings is 1. The summed E-state index contributed by atoms with van der Waals surface area (Å²) in [5.74, 6) is -2.99. The maximum atomic E-state index is 14.5. The van der Waals surface area contributed by atoms with Crippen LogP contribution < -0.4 is 14.2 Å². The van der Waals surface area contributed by atoms with Crippen molar-refractivity contribution < 1.29 is 63.6 Å². The van der Waals surface area contributed by atoms with Gasteiger partial charge in [0.25, 0.3) is 0 Å². The molecule has 1 saturated heterocycles. The molecule has 362 valence electrons. The van der Waals surface area contributed by atoms with E-state index in [1.807, 2.05) is 24.4 Å². The average Bonchev–Trinajstić information content (AvgIpc) is 4.01. The van der Waals surface area contributed by atoms with E-state index in [9.17, 15) is 39.9 Å². The number of hydrogen-bond acceptors (Lipinski definition) is 14. The van der Waals surface area contributed by atoms with Crippen molar-refractivity contribution in [3.05, 3.63) is 69.1 Å². The maximum Gasteiger partial charge on any atom is 0.375 e. The number of H-pyrrole nitrogens is 1. The van der Waals surface area contributed by atoms with Gasteiger partial charge in [-0.2, -0.15) is 0 Å². The largest absolute Gasteiger partial charge is 0.492 e. The Bertz CT molecular complexity index is 2420. The van der Waals surface area contributed by atoms with Gasteiger partial charge in [-0.05, 0) is 130 Å². The third kappa shape index (κ3) is 8.52. The van der Waals surface area contributed by atoms with Crippen molar-refractivity contribution in [2.24, 2.45) is 29.6 Å². The molecule has 5 heterocycles. The van der Waals surface area contributed by atoms with Crippen molar-refractivity contribution >= 4 is 34.5 Å². The summed E-state index contributed by atoms with van der Waals surface area (Å²) in [5.41, 5.74) is 3.11. The number of fused-ring (bicyclic) bond motifs is 8. The Morgan fingerprint density at radius 3 is 2.63 bits per heavy atom. The highest BCUT2D eigenvalue weighted by atomic mass is 16.6. The Morgan fingerprint density at radius 2 is 1.88 bits per heavy atom. The topological polar surface area (TPSA) is 218 Å². The molecule has 0 spiro atoms. The predicted molar refractivity (Wildman–Crippen MR) is 247 cm³/mol. The standard InChI is InChI=1S/C52H66N2O13/c1-3-64-51(61)50-39(26-58)44-33-18-34(25-57)46(60)37(20-33)36-19-31-11-13-53-42(31)21-30(36)8-7-29(24-56)28-65-48-38-22-43(66-47(38)40(27-59)49(67-50)45(44)48)52(62)35(6-4-16-55)10-9-32-23-54(14-5-17-63-2)15-12-41(32)52/h11,13,19,21,26,29,32,34-35,37,41,43,53,55-57,59,62H,3-10,12,14-18,20,22-25,27-28H2,1-2H3. The van der Waals surface area contributed by atoms with Crippen LogP contribution in [-0.2, 0) is 43.3 Å². The van der Waals surface area contributed by atoms with Crippen LogP contribution in [0.3, 0.4) is 0 Å². The molecule has 6 N–H and O–H groups in total. The third-order valence-corrected chi connectivity index (χ3v) is 15.9. The van der Waals surface area contributed by atoms with Crippen LogP contribution in [-0.4, -0.2) is 132 Å². The van der Waals surface area contributed by atoms with Gasteiger partial charge < -0.3 is 59.1 Å². The number of rotatable bonds is 14. The number of hydrogen-bond donors (Lipinski definition) is 6. The molecule has 9 rings (SSSR count). The SMILES string of the molecule is CCOC(=O)C1=C(C=O)C2=C3CC(CO)C(=O)C(C3)c3cc4cc[nH]c4cc3CCC(CO)COc3c4c(c(CO)c(c32)O1)OC(C1(O)C(CCCO)CCC2CN(CCCOC)CCC21)C4. The van der Waals surface area contributed by atoms with Crippen LogP contribution in [0.25, 0.3) is 16.5 Å². The molecule has 8 atom stereocenters. The molecule has 8 unspecified atom stereocenters. The number of ether oxygens (including phenoxy) is 5. The summed E-state index contributed by atoms with van der Waals surface area (Å²) in [4.78, 5) is 47.9. The van der Waals surface area contributed by atoms with Crippen molar-refractivity contribution in [2.75, 3.05) is 66.4 Å². The van der Waals surface area contributed by atoms with Gasteiger partial charge in [-0.25, -0.2) is 4.79 Å². The second-order valence-corrected chi connectivity index (χ2v) is 19.5. The van der Waals surface area contributed by atoms with Gasteiger partial charge in [-0.3, -0.25) is 9.59 Å². The van der Waals surface area contributed by atoms with Gasteiger partial charge >= 0.3 is 5.97 Å². The second-order valence-electron chi connectivity index (χ2n) is 19.5. The highest BCUT2D eigenvalue weighted by molar-refractivity contribution is 6.11. The van der Waals surface area contributed by atoms with E-state index in [2.05, 4.69) is 9.88 Å². The number of methoxy groups -OCH3 is 1. The fraction of sp³-hybridized carbons (Fsp3) is 0.596. The highest BCUT2D eigenvalue weighted by Crippen LogP contribution is 2.59. The van der Waals surface area contributed by atoms with E-state index in [1.54, 1.807) is 14.0 Å². The number of aliphatic hydroxyl groups excluding tert-OH is 4.